The fourth-order valence-electron chi connectivity index (χ4n) is 2.17. The summed E-state index contributed by atoms with van der Waals surface area (Å²) in [6.45, 7) is 4.55. The molecule has 2 rings (SSSR count). The highest BCUT2D eigenvalue weighted by molar-refractivity contribution is 6.17. The Morgan fingerprint density at radius 3 is 2.83 bits per heavy atom. The van der Waals surface area contributed by atoms with Crippen molar-refractivity contribution in [3.05, 3.63) is 11.3 Å². The summed E-state index contributed by atoms with van der Waals surface area (Å²) in [5.41, 5.74) is 2.12. The van der Waals surface area contributed by atoms with Crippen molar-refractivity contribution in [2.75, 3.05) is 31.7 Å². The highest BCUT2D eigenvalue weighted by Crippen LogP contribution is 2.28. The molecule has 1 heterocycles. The van der Waals surface area contributed by atoms with Gasteiger partial charge in [0.15, 0.2) is 0 Å². The van der Waals surface area contributed by atoms with Gasteiger partial charge >= 0.3 is 0 Å². The molecule has 1 aromatic heterocycles. The maximum atomic E-state index is 5.99. The van der Waals surface area contributed by atoms with E-state index in [9.17, 15) is 0 Å². The van der Waals surface area contributed by atoms with Gasteiger partial charge in [0.05, 0.1) is 18.2 Å². The van der Waals surface area contributed by atoms with Gasteiger partial charge in [-0.05, 0) is 25.7 Å². The summed E-state index contributed by atoms with van der Waals surface area (Å²) in [6.07, 6.45) is 2.68. The number of anilines is 1. The van der Waals surface area contributed by atoms with Crippen molar-refractivity contribution in [1.29, 1.82) is 0 Å². The molecule has 1 aliphatic carbocycles. The summed E-state index contributed by atoms with van der Waals surface area (Å²) in [5, 5.41) is 4.42. The molecule has 0 saturated heterocycles. The quantitative estimate of drug-likeness (QED) is 0.563. The third-order valence-electron chi connectivity index (χ3n) is 3.43. The van der Waals surface area contributed by atoms with Gasteiger partial charge in [-0.25, -0.2) is 0 Å². The van der Waals surface area contributed by atoms with Crippen molar-refractivity contribution in [3.8, 4) is 0 Å². The maximum absolute atomic E-state index is 5.99. The van der Waals surface area contributed by atoms with E-state index in [-0.39, 0.29) is 0 Å². The second-order valence-electron chi connectivity index (χ2n) is 5.08. The lowest BCUT2D eigenvalue weighted by Gasteiger charge is -2.20. The third-order valence-corrected chi connectivity index (χ3v) is 3.70. The van der Waals surface area contributed by atoms with Gasteiger partial charge in [0.2, 0.25) is 0 Å². The molecule has 0 spiro atoms. The lowest BCUT2D eigenvalue weighted by molar-refractivity contribution is 0.130. The van der Waals surface area contributed by atoms with E-state index >= 15 is 0 Å². The molecule has 4 nitrogen and oxygen atoms in total. The minimum absolute atomic E-state index is 0.502. The molecule has 0 N–H and O–H groups in total. The first-order valence-corrected chi connectivity index (χ1v) is 7.04. The van der Waals surface area contributed by atoms with Gasteiger partial charge in [0, 0.05) is 32.8 Å². The van der Waals surface area contributed by atoms with Crippen LogP contribution in [0.5, 0.6) is 0 Å². The van der Waals surface area contributed by atoms with E-state index in [0.717, 1.165) is 42.8 Å². The van der Waals surface area contributed by atoms with Crippen LogP contribution in [-0.2, 0) is 17.7 Å². The summed E-state index contributed by atoms with van der Waals surface area (Å²) >= 11 is 5.99. The van der Waals surface area contributed by atoms with Gasteiger partial charge < -0.3 is 9.64 Å². The van der Waals surface area contributed by atoms with E-state index in [1.54, 1.807) is 0 Å². The molecule has 1 aromatic rings. The number of alkyl halides is 1. The summed E-state index contributed by atoms with van der Waals surface area (Å²) in [5.74, 6) is 2.42. The highest BCUT2D eigenvalue weighted by atomic mass is 35.5. The molecule has 1 fully saturated rings. The first-order valence-electron chi connectivity index (χ1n) is 6.50. The largest absolute Gasteiger partial charge is 0.379 e. The molecule has 0 radical (unpaired) electrons. The Hall–Kier alpha value is -0.740. The van der Waals surface area contributed by atoms with Gasteiger partial charge in [-0.2, -0.15) is 5.10 Å². The lowest BCUT2D eigenvalue weighted by atomic mass is 10.2. The Bertz CT molecular complexity index is 401. The Kier molecular flexibility index (Phi) is 4.51. The zero-order valence-electron chi connectivity index (χ0n) is 11.4. The van der Waals surface area contributed by atoms with E-state index in [1.165, 1.54) is 12.8 Å². The summed E-state index contributed by atoms with van der Waals surface area (Å²) in [4.78, 5) is 2.17. The van der Waals surface area contributed by atoms with Crippen molar-refractivity contribution in [3.63, 3.8) is 0 Å². The van der Waals surface area contributed by atoms with Gasteiger partial charge in [0.25, 0.3) is 0 Å². The number of rotatable bonds is 7. The average molecular weight is 272 g/mol. The summed E-state index contributed by atoms with van der Waals surface area (Å²) < 4.78 is 7.56. The maximum Gasteiger partial charge on any atom is 0.131 e. The predicted molar refractivity (Wildman–Crippen MR) is 74.3 cm³/mol. The van der Waals surface area contributed by atoms with E-state index in [4.69, 9.17) is 16.3 Å². The van der Waals surface area contributed by atoms with E-state index in [1.807, 2.05) is 18.7 Å². The molecule has 18 heavy (non-hydrogen) atoms. The van der Waals surface area contributed by atoms with Crippen LogP contribution in [0.3, 0.4) is 0 Å². The monoisotopic (exact) mass is 271 g/mol. The van der Waals surface area contributed by atoms with Crippen LogP contribution in [0.4, 0.5) is 5.82 Å². The van der Waals surface area contributed by atoms with Crippen LogP contribution in [0.25, 0.3) is 0 Å². The molecule has 0 unspecified atom stereocenters. The minimum atomic E-state index is 0.502. The van der Waals surface area contributed by atoms with E-state index < -0.39 is 0 Å². The van der Waals surface area contributed by atoms with Crippen molar-refractivity contribution in [1.82, 2.24) is 9.78 Å². The number of hydrogen-bond donors (Lipinski definition) is 0. The molecule has 0 aliphatic heterocycles. The molecule has 0 aromatic carbocycles. The van der Waals surface area contributed by atoms with Crippen LogP contribution in [0, 0.1) is 12.8 Å². The first-order chi connectivity index (χ1) is 8.63. The number of hydrogen-bond acceptors (Lipinski definition) is 3. The molecule has 0 bridgehead atoms. The first kappa shape index (κ1) is 13.7. The smallest absolute Gasteiger partial charge is 0.131 e. The van der Waals surface area contributed by atoms with Gasteiger partial charge in [-0.1, -0.05) is 0 Å². The van der Waals surface area contributed by atoms with Crippen molar-refractivity contribution in [2.24, 2.45) is 13.0 Å². The second-order valence-corrected chi connectivity index (χ2v) is 5.35. The third kappa shape index (κ3) is 3.18. The Balaban J connectivity index is 1.88. The number of aryl methyl sites for hydroxylation is 2. The van der Waals surface area contributed by atoms with Crippen LogP contribution in [0.2, 0.25) is 0 Å². The fourth-order valence-corrected chi connectivity index (χ4v) is 2.48. The van der Waals surface area contributed by atoms with Crippen LogP contribution >= 0.6 is 11.6 Å². The number of aromatic nitrogens is 2. The standard InChI is InChI=1S/C13H22ClN3O/c1-10-12(8-14)13(17(3)15-10)16(2)6-7-18-9-11-4-5-11/h11H,4-9H2,1-3H3. The van der Waals surface area contributed by atoms with Gasteiger partial charge in [-0.3, -0.25) is 4.68 Å². The highest BCUT2D eigenvalue weighted by Gasteiger charge is 2.21. The number of likely N-dealkylation sites (N-methyl/N-ethyl adjacent to an activating group) is 1. The number of ether oxygens (including phenoxy) is 1. The van der Waals surface area contributed by atoms with E-state index in [2.05, 4.69) is 17.0 Å². The van der Waals surface area contributed by atoms with E-state index in [0.29, 0.717) is 5.88 Å². The fraction of sp³-hybridized carbons (Fsp3) is 0.769. The van der Waals surface area contributed by atoms with Gasteiger partial charge in [-0.15, -0.1) is 11.6 Å². The van der Waals surface area contributed by atoms with Crippen molar-refractivity contribution < 1.29 is 4.74 Å². The van der Waals surface area contributed by atoms with Crippen LogP contribution in [0.1, 0.15) is 24.1 Å². The molecular weight excluding hydrogens is 250 g/mol. The molecule has 1 aliphatic rings. The van der Waals surface area contributed by atoms with Crippen LogP contribution < -0.4 is 4.90 Å². The molecule has 5 heteroatoms. The number of nitrogens with zero attached hydrogens (tertiary/aromatic N) is 3. The van der Waals surface area contributed by atoms with Crippen LogP contribution in [0.15, 0.2) is 0 Å². The summed E-state index contributed by atoms with van der Waals surface area (Å²) in [7, 11) is 4.02. The lowest BCUT2D eigenvalue weighted by Crippen LogP contribution is -2.25. The Morgan fingerprint density at radius 1 is 1.50 bits per heavy atom. The zero-order chi connectivity index (χ0) is 13.1. The normalized spacial score (nSPS) is 15.1. The van der Waals surface area contributed by atoms with Crippen molar-refractivity contribution in [2.45, 2.75) is 25.6 Å². The minimum Gasteiger partial charge on any atom is -0.379 e. The SMILES string of the molecule is Cc1nn(C)c(N(C)CCOCC2CC2)c1CCl. The molecule has 102 valence electrons. The van der Waals surface area contributed by atoms with Crippen LogP contribution in [-0.4, -0.2) is 36.6 Å². The second kappa shape index (κ2) is 5.93. The molecule has 0 atom stereocenters. The topological polar surface area (TPSA) is 30.3 Å². The molecular formula is C13H22ClN3O. The van der Waals surface area contributed by atoms with Crippen molar-refractivity contribution >= 4 is 17.4 Å². The predicted octanol–water partition coefficient (Wildman–Crippen LogP) is 2.33. The van der Waals surface area contributed by atoms with Gasteiger partial charge in [0.1, 0.15) is 5.82 Å². The number of halogens is 1. The molecule has 0 amide bonds. The Morgan fingerprint density at radius 2 is 2.22 bits per heavy atom. The zero-order valence-corrected chi connectivity index (χ0v) is 12.2. The Labute approximate surface area is 114 Å². The molecule has 1 saturated carbocycles. The summed E-state index contributed by atoms with van der Waals surface area (Å²) in [6, 6.07) is 0. The average Bonchev–Trinajstić information content (AvgIpc) is 3.09.